The first kappa shape index (κ1) is 21.9. The van der Waals surface area contributed by atoms with Crippen LogP contribution in [0.25, 0.3) is 10.9 Å². The van der Waals surface area contributed by atoms with Crippen LogP contribution >= 0.6 is 0 Å². The molecule has 0 radical (unpaired) electrons. The minimum atomic E-state index is 0.553. The van der Waals surface area contributed by atoms with Crippen molar-refractivity contribution in [3.8, 4) is 18.1 Å². The summed E-state index contributed by atoms with van der Waals surface area (Å²) in [5.41, 5.74) is 10.9. The van der Waals surface area contributed by atoms with Gasteiger partial charge in [-0.3, -0.25) is 0 Å². The van der Waals surface area contributed by atoms with Crippen LogP contribution in [-0.4, -0.2) is 29.6 Å². The van der Waals surface area contributed by atoms with Gasteiger partial charge in [0.2, 0.25) is 0 Å². The fourth-order valence-electron chi connectivity index (χ4n) is 3.39. The van der Waals surface area contributed by atoms with Crippen molar-refractivity contribution in [3.63, 3.8) is 0 Å². The van der Waals surface area contributed by atoms with Gasteiger partial charge in [-0.05, 0) is 6.07 Å². The second-order valence-corrected chi connectivity index (χ2v) is 7.52. The summed E-state index contributed by atoms with van der Waals surface area (Å²) in [5.74, 6) is 4.09. The van der Waals surface area contributed by atoms with Crippen molar-refractivity contribution in [1.29, 1.82) is 0 Å². The van der Waals surface area contributed by atoms with E-state index >= 15 is 0 Å². The van der Waals surface area contributed by atoms with E-state index in [1.165, 1.54) is 6.33 Å². The Kier molecular flexibility index (Phi) is 6.86. The van der Waals surface area contributed by atoms with Gasteiger partial charge >= 0.3 is 164 Å². The molecule has 162 valence electrons. The SMILES string of the molecule is B=C(CCCOc1ccc2ncnc(Nc3cccc(C#C)c3)c2c1)Nc1ccccc1N. The Hall–Kier alpha value is -4.31. The second kappa shape index (κ2) is 10.3. The van der Waals surface area contributed by atoms with Gasteiger partial charge in [0.05, 0.1) is 0 Å². The molecule has 0 aliphatic rings. The number of nitrogens with one attached hydrogen (secondary N) is 2. The van der Waals surface area contributed by atoms with Crippen molar-refractivity contribution in [2.45, 2.75) is 12.8 Å². The predicted molar refractivity (Wildman–Crippen MR) is 139 cm³/mol. The third-order valence-corrected chi connectivity index (χ3v) is 5.06. The van der Waals surface area contributed by atoms with Crippen molar-refractivity contribution in [2.75, 3.05) is 23.0 Å². The Morgan fingerprint density at radius 1 is 1.06 bits per heavy atom. The van der Waals surface area contributed by atoms with Crippen LogP contribution < -0.4 is 21.1 Å². The Morgan fingerprint density at radius 2 is 1.94 bits per heavy atom. The second-order valence-electron chi connectivity index (χ2n) is 7.52. The molecule has 7 heteroatoms. The molecule has 0 amide bonds. The van der Waals surface area contributed by atoms with Crippen LogP contribution in [0.3, 0.4) is 0 Å². The zero-order valence-electron chi connectivity index (χ0n) is 18.2. The van der Waals surface area contributed by atoms with Crippen molar-refractivity contribution in [1.82, 2.24) is 9.97 Å². The van der Waals surface area contributed by atoms with Crippen LogP contribution in [-0.2, 0) is 0 Å². The molecule has 0 bridgehead atoms. The fourth-order valence-corrected chi connectivity index (χ4v) is 3.39. The molecule has 33 heavy (non-hydrogen) atoms. The molecule has 0 aliphatic heterocycles. The third kappa shape index (κ3) is 5.69. The summed E-state index contributed by atoms with van der Waals surface area (Å²) in [4.78, 5) is 8.76. The first-order valence-corrected chi connectivity index (χ1v) is 10.6. The number of benzene rings is 3. The molecule has 3 aromatic carbocycles. The average molecular weight is 433 g/mol. The van der Waals surface area contributed by atoms with E-state index in [4.69, 9.17) is 16.9 Å². The van der Waals surface area contributed by atoms with Crippen LogP contribution in [0.5, 0.6) is 5.75 Å². The summed E-state index contributed by atoms with van der Waals surface area (Å²) in [7, 11) is 4.08. The Balaban J connectivity index is 1.37. The molecule has 0 saturated carbocycles. The van der Waals surface area contributed by atoms with Gasteiger partial charge < -0.3 is 0 Å². The van der Waals surface area contributed by atoms with Crippen LogP contribution in [0, 0.1) is 12.3 Å². The number of anilines is 4. The van der Waals surface area contributed by atoms with Crippen molar-refractivity contribution in [2.24, 2.45) is 0 Å². The van der Waals surface area contributed by atoms with Gasteiger partial charge in [-0.15, -0.1) is 6.42 Å². The van der Waals surface area contributed by atoms with Crippen molar-refractivity contribution < 1.29 is 4.74 Å². The summed E-state index contributed by atoms with van der Waals surface area (Å²) in [6, 6.07) is 21.0. The van der Waals surface area contributed by atoms with Gasteiger partial charge in [0.15, 0.2) is 0 Å². The maximum atomic E-state index is 5.98. The minimum absolute atomic E-state index is 0.553. The van der Waals surface area contributed by atoms with Crippen LogP contribution in [0.15, 0.2) is 73.1 Å². The van der Waals surface area contributed by atoms with Crippen molar-refractivity contribution in [3.05, 3.63) is 78.6 Å². The van der Waals surface area contributed by atoms with E-state index in [2.05, 4.69) is 34.0 Å². The molecule has 0 unspecified atom stereocenters. The summed E-state index contributed by atoms with van der Waals surface area (Å²) < 4.78 is 5.98. The summed E-state index contributed by atoms with van der Waals surface area (Å²) in [6.07, 6.45) is 8.62. The zero-order valence-corrected chi connectivity index (χ0v) is 18.2. The number of ether oxygens (including phenoxy) is 1. The molecule has 4 rings (SSSR count). The molecule has 0 aliphatic carbocycles. The summed E-state index contributed by atoms with van der Waals surface area (Å²) in [5, 5.41) is 7.45. The quantitative estimate of drug-likeness (QED) is 0.159. The van der Waals surface area contributed by atoms with Gasteiger partial charge in [-0.1, -0.05) is 12.0 Å². The Labute approximate surface area is 194 Å². The molecule has 0 fully saturated rings. The molecule has 0 spiro atoms. The number of nitrogens with zero attached hydrogens (tertiary/aromatic N) is 2. The van der Waals surface area contributed by atoms with Crippen LogP contribution in [0.4, 0.5) is 22.9 Å². The van der Waals surface area contributed by atoms with E-state index in [0.717, 1.165) is 52.0 Å². The van der Waals surface area contributed by atoms with E-state index in [1.54, 1.807) is 0 Å². The average Bonchev–Trinajstić information content (AvgIpc) is 2.84. The van der Waals surface area contributed by atoms with Gasteiger partial charge in [-0.25, -0.2) is 0 Å². The predicted octanol–water partition coefficient (Wildman–Crippen LogP) is 4.24. The van der Waals surface area contributed by atoms with Crippen molar-refractivity contribution >= 4 is 46.9 Å². The number of hydrogen-bond donors (Lipinski definition) is 3. The Morgan fingerprint density at radius 3 is 2.79 bits per heavy atom. The number of para-hydroxylation sites is 2. The first-order chi connectivity index (χ1) is 16.1. The van der Waals surface area contributed by atoms with Crippen LogP contribution in [0.1, 0.15) is 18.4 Å². The molecule has 4 aromatic rings. The monoisotopic (exact) mass is 433 g/mol. The van der Waals surface area contributed by atoms with E-state index in [-0.39, 0.29) is 0 Å². The molecule has 0 atom stereocenters. The first-order valence-electron chi connectivity index (χ1n) is 10.6. The molecular formula is C26H24BN5O. The van der Waals surface area contributed by atoms with Crippen LogP contribution in [0.2, 0.25) is 0 Å². The fraction of sp³-hybridized carbons (Fsp3) is 0.115. The topological polar surface area (TPSA) is 85.1 Å². The third-order valence-electron chi connectivity index (χ3n) is 5.06. The van der Waals surface area contributed by atoms with E-state index in [0.29, 0.717) is 18.1 Å². The maximum absolute atomic E-state index is 5.98. The van der Waals surface area contributed by atoms with Gasteiger partial charge in [0, 0.05) is 5.56 Å². The van der Waals surface area contributed by atoms with E-state index < -0.39 is 0 Å². The molecule has 6 nitrogen and oxygen atoms in total. The Bertz CT molecular complexity index is 1330. The molecule has 0 saturated heterocycles. The van der Waals surface area contributed by atoms with Gasteiger partial charge in [-0.2, -0.15) is 0 Å². The summed E-state index contributed by atoms with van der Waals surface area (Å²) in [6.45, 7) is 0.553. The zero-order chi connectivity index (χ0) is 23.0. The van der Waals surface area contributed by atoms with E-state index in [1.807, 2.05) is 66.7 Å². The number of hydrogen-bond acceptors (Lipinski definition) is 6. The van der Waals surface area contributed by atoms with Gasteiger partial charge in [0.1, 0.15) is 0 Å². The molecular weight excluding hydrogens is 409 g/mol. The normalized spacial score (nSPS) is 10.4. The molecule has 1 aromatic heterocycles. The summed E-state index contributed by atoms with van der Waals surface area (Å²) >= 11 is 0. The van der Waals surface area contributed by atoms with E-state index in [9.17, 15) is 0 Å². The number of rotatable bonds is 9. The number of fused-ring (bicyclic) bond motifs is 1. The number of terminal acetylenes is 1. The molecule has 1 heterocycles. The number of aromatic nitrogens is 2. The number of nitrogens with two attached hydrogens (primary N) is 1. The molecule has 4 N–H and O–H groups in total. The number of nitrogen functional groups attached to an aromatic ring is 1. The standard InChI is InChI=1S/C26H24BN5O/c1-2-18-7-5-8-19(15-18)31-26-21-16-20(12-13-23(21)29-17-30-26)33-14-6-11-25(27)32-24-10-4-3-9-22(24)28/h1,3-5,7-10,12-13,15-17,27,32H,6,11,14,28H2,(H,29,30,31). The van der Waals surface area contributed by atoms with Gasteiger partial charge in [0.25, 0.3) is 0 Å².